The number of nitrogens with zero attached hydrogens (tertiary/aromatic N) is 3. The van der Waals surface area contributed by atoms with Crippen LogP contribution in [0.1, 0.15) is 81.3 Å². The van der Waals surface area contributed by atoms with Crippen molar-refractivity contribution in [3.63, 3.8) is 0 Å². The third-order valence-electron chi connectivity index (χ3n) is 9.14. The van der Waals surface area contributed by atoms with Crippen molar-refractivity contribution in [1.82, 2.24) is 20.2 Å². The summed E-state index contributed by atoms with van der Waals surface area (Å²) in [7, 11) is 0. The van der Waals surface area contributed by atoms with E-state index in [9.17, 15) is 19.5 Å². The lowest BCUT2D eigenvalue weighted by molar-refractivity contribution is -0.153. The number of rotatable bonds is 15. The Hall–Kier alpha value is -5.05. The van der Waals surface area contributed by atoms with Gasteiger partial charge in [0, 0.05) is 48.6 Å². The molecule has 0 aliphatic carbocycles. The number of hydrogen-bond acceptors (Lipinski definition) is 6. The van der Waals surface area contributed by atoms with Crippen LogP contribution in [0.3, 0.4) is 0 Å². The smallest absolute Gasteiger partial charge is 0.310 e. The Morgan fingerprint density at radius 3 is 2.18 bits per heavy atom. The Labute approximate surface area is 295 Å². The van der Waals surface area contributed by atoms with Crippen LogP contribution in [0.5, 0.6) is 5.75 Å². The van der Waals surface area contributed by atoms with Crippen LogP contribution in [0.15, 0.2) is 85.2 Å². The minimum absolute atomic E-state index is 0.128. The highest BCUT2D eigenvalue weighted by molar-refractivity contribution is 5.98. The van der Waals surface area contributed by atoms with Crippen LogP contribution >= 0.6 is 0 Å². The van der Waals surface area contributed by atoms with Crippen LogP contribution in [0, 0.1) is 5.92 Å². The second-order valence-electron chi connectivity index (χ2n) is 14.1. The largest absolute Gasteiger partial charge is 0.494 e. The van der Waals surface area contributed by atoms with Gasteiger partial charge >= 0.3 is 5.97 Å². The maximum atomic E-state index is 13.5. The molecule has 9 nitrogen and oxygen atoms in total. The molecule has 5 rings (SSSR count). The third kappa shape index (κ3) is 9.55. The van der Waals surface area contributed by atoms with E-state index in [1.54, 1.807) is 18.5 Å². The van der Waals surface area contributed by atoms with Gasteiger partial charge in [-0.25, -0.2) is 9.97 Å². The second-order valence-corrected chi connectivity index (χ2v) is 14.1. The predicted octanol–water partition coefficient (Wildman–Crippen LogP) is 7.34. The Bertz CT molecular complexity index is 1740. The Morgan fingerprint density at radius 2 is 1.54 bits per heavy atom. The Morgan fingerprint density at radius 1 is 0.880 bits per heavy atom. The third-order valence-corrected chi connectivity index (χ3v) is 9.14. The molecule has 0 bridgehead atoms. The predicted molar refractivity (Wildman–Crippen MR) is 195 cm³/mol. The van der Waals surface area contributed by atoms with Gasteiger partial charge in [-0.3, -0.25) is 14.4 Å². The van der Waals surface area contributed by atoms with Crippen LogP contribution in [-0.4, -0.2) is 63.5 Å². The maximum absolute atomic E-state index is 13.5. The number of carbonyl (C=O) groups is 3. The first-order valence-electron chi connectivity index (χ1n) is 17.6. The van der Waals surface area contributed by atoms with E-state index in [2.05, 4.69) is 43.0 Å². The molecule has 4 aromatic rings. The fraction of sp³-hybridized carbons (Fsp3) is 0.390. The second kappa shape index (κ2) is 16.6. The number of unbranched alkanes of at least 4 members (excludes halogenated alkanes) is 4. The van der Waals surface area contributed by atoms with E-state index in [0.717, 1.165) is 46.6 Å². The van der Waals surface area contributed by atoms with Gasteiger partial charge in [0.05, 0.1) is 12.5 Å². The van der Waals surface area contributed by atoms with Gasteiger partial charge in [0.2, 0.25) is 5.91 Å². The van der Waals surface area contributed by atoms with Gasteiger partial charge in [-0.1, -0.05) is 102 Å². The topological polar surface area (TPSA) is 122 Å². The number of likely N-dealkylation sites (tertiary alicyclic amines) is 1. The molecular weight excluding hydrogens is 628 g/mol. The van der Waals surface area contributed by atoms with Crippen LogP contribution in [0.4, 0.5) is 0 Å². The van der Waals surface area contributed by atoms with Gasteiger partial charge in [0.25, 0.3) is 5.91 Å². The molecule has 0 radical (unpaired) electrons. The first-order valence-corrected chi connectivity index (χ1v) is 17.6. The van der Waals surface area contributed by atoms with Gasteiger partial charge in [-0.05, 0) is 52.8 Å². The number of nitrogens with one attached hydrogen (secondary N) is 1. The molecule has 2 amide bonds. The van der Waals surface area contributed by atoms with Crippen LogP contribution in [0.25, 0.3) is 22.5 Å². The van der Waals surface area contributed by atoms with Gasteiger partial charge in [-0.15, -0.1) is 0 Å². The summed E-state index contributed by atoms with van der Waals surface area (Å²) in [5, 5.41) is 12.3. The highest BCUT2D eigenvalue weighted by Gasteiger charge is 2.39. The molecule has 1 aliphatic heterocycles. The van der Waals surface area contributed by atoms with E-state index in [0.29, 0.717) is 11.4 Å². The summed E-state index contributed by atoms with van der Waals surface area (Å²) in [6.07, 6.45) is 9.87. The summed E-state index contributed by atoms with van der Waals surface area (Å²) < 4.78 is 5.89. The summed E-state index contributed by atoms with van der Waals surface area (Å²) in [6.45, 7) is 9.43. The summed E-state index contributed by atoms with van der Waals surface area (Å²) in [5.41, 5.74) is 4.90. The lowest BCUT2D eigenvalue weighted by Gasteiger charge is -2.39. The standard InChI is InChI=1S/C41H48N4O5/c1-5-6-7-8-9-21-50-35-19-17-29(18-20-35)32-24-42-37(43-25-32)30-15-13-28(14-16-30)22-36(39(47)45-26-33(27-45)40(48)49)44-38(46)31-11-10-12-34(23-31)41(2,3)4/h10-20,23-25,33,36H,5-9,21-22,26-27H2,1-4H3,(H,44,46)(H,48,49)/t36-/m0/s1. The Balaban J connectivity index is 1.23. The zero-order valence-electron chi connectivity index (χ0n) is 29.5. The maximum Gasteiger partial charge on any atom is 0.310 e. The molecule has 1 saturated heterocycles. The Kier molecular flexibility index (Phi) is 12.0. The van der Waals surface area contributed by atoms with Gasteiger partial charge < -0.3 is 20.1 Å². The van der Waals surface area contributed by atoms with E-state index in [4.69, 9.17) is 4.74 Å². The molecule has 50 heavy (non-hydrogen) atoms. The van der Waals surface area contributed by atoms with Gasteiger partial charge in [0.1, 0.15) is 11.8 Å². The highest BCUT2D eigenvalue weighted by atomic mass is 16.5. The van der Waals surface area contributed by atoms with Crippen molar-refractivity contribution >= 4 is 17.8 Å². The van der Waals surface area contributed by atoms with Crippen molar-refractivity contribution in [1.29, 1.82) is 0 Å². The number of ether oxygens (including phenoxy) is 1. The monoisotopic (exact) mass is 676 g/mol. The van der Waals surface area contributed by atoms with Crippen molar-refractivity contribution in [2.75, 3.05) is 19.7 Å². The molecule has 1 atom stereocenters. The molecule has 0 spiro atoms. The van der Waals surface area contributed by atoms with Crippen LogP contribution in [0.2, 0.25) is 0 Å². The van der Waals surface area contributed by atoms with Crippen molar-refractivity contribution in [2.24, 2.45) is 5.92 Å². The number of benzene rings is 3. The number of amides is 2. The summed E-state index contributed by atoms with van der Waals surface area (Å²) >= 11 is 0. The lowest BCUT2D eigenvalue weighted by atomic mass is 9.86. The lowest BCUT2D eigenvalue weighted by Crippen LogP contribution is -2.59. The van der Waals surface area contributed by atoms with Crippen molar-refractivity contribution in [2.45, 2.75) is 77.7 Å². The SMILES string of the molecule is CCCCCCCOc1ccc(-c2cnc(-c3ccc(C[C@H](NC(=O)c4cccc(C(C)(C)C)c4)C(=O)N4CC(C(=O)O)C4)cc3)nc2)cc1. The molecule has 9 heteroatoms. The van der Waals surface area contributed by atoms with Crippen molar-refractivity contribution in [3.05, 3.63) is 102 Å². The van der Waals surface area contributed by atoms with Gasteiger partial charge in [-0.2, -0.15) is 0 Å². The van der Waals surface area contributed by atoms with E-state index in [-0.39, 0.29) is 36.7 Å². The van der Waals surface area contributed by atoms with E-state index < -0.39 is 17.9 Å². The van der Waals surface area contributed by atoms with E-state index >= 15 is 0 Å². The highest BCUT2D eigenvalue weighted by Crippen LogP contribution is 2.25. The molecule has 2 heterocycles. The zero-order valence-corrected chi connectivity index (χ0v) is 29.5. The molecule has 0 unspecified atom stereocenters. The average molecular weight is 677 g/mol. The summed E-state index contributed by atoms with van der Waals surface area (Å²) in [5.74, 6) is -0.737. The normalized spacial score (nSPS) is 13.7. The molecule has 0 saturated carbocycles. The molecule has 1 aromatic heterocycles. The molecule has 1 aliphatic rings. The number of hydrogen-bond donors (Lipinski definition) is 2. The first-order chi connectivity index (χ1) is 24.0. The number of carboxylic acid groups (broad SMARTS) is 1. The van der Waals surface area contributed by atoms with Crippen LogP contribution in [-0.2, 0) is 21.4 Å². The number of carbonyl (C=O) groups excluding carboxylic acids is 2. The molecule has 3 aromatic carbocycles. The quantitative estimate of drug-likeness (QED) is 0.126. The molecule has 1 fully saturated rings. The summed E-state index contributed by atoms with van der Waals surface area (Å²) in [6, 6.07) is 22.1. The fourth-order valence-electron chi connectivity index (χ4n) is 5.89. The summed E-state index contributed by atoms with van der Waals surface area (Å²) in [4.78, 5) is 49.0. The minimum atomic E-state index is -0.925. The zero-order chi connectivity index (χ0) is 35.7. The fourth-order valence-corrected chi connectivity index (χ4v) is 5.89. The van der Waals surface area contributed by atoms with Gasteiger partial charge in [0.15, 0.2) is 5.82 Å². The average Bonchev–Trinajstić information content (AvgIpc) is 3.09. The molecule has 2 N–H and O–H groups in total. The first kappa shape index (κ1) is 36.2. The minimum Gasteiger partial charge on any atom is -0.494 e. The number of aromatic nitrogens is 2. The van der Waals surface area contributed by atoms with E-state index in [1.807, 2.05) is 66.7 Å². The van der Waals surface area contributed by atoms with E-state index in [1.165, 1.54) is 30.6 Å². The number of carboxylic acids is 1. The van der Waals surface area contributed by atoms with Crippen molar-refractivity contribution < 1.29 is 24.2 Å². The molecular formula is C41H48N4O5. The van der Waals surface area contributed by atoms with Crippen LogP contribution < -0.4 is 10.1 Å². The molecule has 262 valence electrons. The van der Waals surface area contributed by atoms with Crippen molar-refractivity contribution in [3.8, 4) is 28.3 Å². The number of aliphatic carboxylic acids is 1.